The molecule has 3 heteroatoms. The van der Waals surface area contributed by atoms with Gasteiger partial charge in [-0.3, -0.25) is 0 Å². The summed E-state index contributed by atoms with van der Waals surface area (Å²) in [4.78, 5) is 10.9. The predicted molar refractivity (Wildman–Crippen MR) is 103 cm³/mol. The molecule has 134 valence electrons. The minimum atomic E-state index is -0.922. The summed E-state index contributed by atoms with van der Waals surface area (Å²) in [5.74, 6) is 5.42. The number of fused-ring (bicyclic) bond motifs is 1. The van der Waals surface area contributed by atoms with Crippen LogP contribution in [0.4, 0.5) is 0 Å². The zero-order valence-electron chi connectivity index (χ0n) is 15.3. The summed E-state index contributed by atoms with van der Waals surface area (Å²) in [5, 5.41) is 8.95. The Morgan fingerprint density at radius 2 is 1.81 bits per heavy atom. The normalized spacial score (nSPS) is 19.0. The molecule has 0 spiro atoms. The highest BCUT2D eigenvalue weighted by Gasteiger charge is 2.30. The number of carbonyl (C=O) groups is 1. The van der Waals surface area contributed by atoms with Crippen molar-refractivity contribution in [1.82, 2.24) is 0 Å². The molecule has 0 saturated carbocycles. The maximum absolute atomic E-state index is 10.9. The highest BCUT2D eigenvalue weighted by Crippen LogP contribution is 2.36. The molecule has 0 aliphatic heterocycles. The summed E-state index contributed by atoms with van der Waals surface area (Å²) >= 11 is 0. The summed E-state index contributed by atoms with van der Waals surface area (Å²) < 4.78 is 5.49. The van der Waals surface area contributed by atoms with E-state index in [1.165, 1.54) is 24.0 Å². The second-order valence-electron chi connectivity index (χ2n) is 7.21. The van der Waals surface area contributed by atoms with Crippen LogP contribution in [0.5, 0.6) is 0 Å². The number of carboxylic acids is 1. The minimum absolute atomic E-state index is 0.0687. The molecule has 0 aromatic heterocycles. The molecule has 2 aromatic carbocycles. The Balaban J connectivity index is 1.87. The molecule has 0 bridgehead atoms. The van der Waals surface area contributed by atoms with E-state index in [0.717, 1.165) is 30.6 Å². The van der Waals surface area contributed by atoms with Crippen LogP contribution in [-0.2, 0) is 16.6 Å². The highest BCUT2D eigenvalue weighted by molar-refractivity contribution is 5.87. The van der Waals surface area contributed by atoms with Crippen LogP contribution in [-0.4, -0.2) is 24.8 Å². The van der Waals surface area contributed by atoms with Crippen molar-refractivity contribution >= 4 is 5.97 Å². The van der Waals surface area contributed by atoms with Crippen molar-refractivity contribution in [3.63, 3.8) is 0 Å². The molecular formula is C23H24O3. The van der Waals surface area contributed by atoms with E-state index in [0.29, 0.717) is 0 Å². The maximum Gasteiger partial charge on any atom is 0.335 e. The van der Waals surface area contributed by atoms with Crippen molar-refractivity contribution in [2.45, 2.75) is 38.0 Å². The summed E-state index contributed by atoms with van der Waals surface area (Å²) in [5.41, 5.74) is 4.90. The van der Waals surface area contributed by atoms with Gasteiger partial charge in [0.25, 0.3) is 0 Å². The van der Waals surface area contributed by atoms with Gasteiger partial charge in [0.05, 0.1) is 12.2 Å². The zero-order valence-corrected chi connectivity index (χ0v) is 15.3. The van der Waals surface area contributed by atoms with Crippen LogP contribution in [0, 0.1) is 11.8 Å². The molecule has 0 heterocycles. The average molecular weight is 348 g/mol. The van der Waals surface area contributed by atoms with Crippen molar-refractivity contribution in [2.75, 3.05) is 13.7 Å². The Hall–Kier alpha value is -2.57. The van der Waals surface area contributed by atoms with Gasteiger partial charge in [0, 0.05) is 23.7 Å². The molecule has 0 saturated heterocycles. The Bertz CT molecular complexity index is 855. The minimum Gasteiger partial charge on any atom is -0.478 e. The van der Waals surface area contributed by atoms with Gasteiger partial charge < -0.3 is 9.84 Å². The highest BCUT2D eigenvalue weighted by atomic mass is 16.5. The Morgan fingerprint density at radius 1 is 1.12 bits per heavy atom. The van der Waals surface area contributed by atoms with E-state index >= 15 is 0 Å². The Morgan fingerprint density at radius 3 is 2.50 bits per heavy atom. The lowest BCUT2D eigenvalue weighted by Gasteiger charge is -2.29. The molecular weight excluding hydrogens is 324 g/mol. The lowest BCUT2D eigenvalue weighted by molar-refractivity contribution is 0.0697. The van der Waals surface area contributed by atoms with Crippen molar-refractivity contribution in [2.24, 2.45) is 0 Å². The largest absolute Gasteiger partial charge is 0.478 e. The number of methoxy groups -OCH3 is 1. The summed E-state index contributed by atoms with van der Waals surface area (Å²) in [6.45, 7) is 3.02. The second kappa shape index (κ2) is 7.76. The molecule has 1 aliphatic carbocycles. The molecule has 3 nitrogen and oxygen atoms in total. The monoisotopic (exact) mass is 348 g/mol. The lowest BCUT2D eigenvalue weighted by Crippen LogP contribution is -2.28. The van der Waals surface area contributed by atoms with Crippen molar-refractivity contribution in [3.05, 3.63) is 70.3 Å². The van der Waals surface area contributed by atoms with Crippen molar-refractivity contribution in [3.8, 4) is 11.8 Å². The first kappa shape index (κ1) is 18.2. The molecule has 3 rings (SSSR count). The van der Waals surface area contributed by atoms with Gasteiger partial charge in [0.15, 0.2) is 0 Å². The van der Waals surface area contributed by atoms with E-state index in [1.807, 2.05) is 0 Å². The zero-order chi connectivity index (χ0) is 18.6. The van der Waals surface area contributed by atoms with Gasteiger partial charge in [0.1, 0.15) is 0 Å². The third-order valence-electron chi connectivity index (χ3n) is 5.13. The van der Waals surface area contributed by atoms with Crippen LogP contribution in [0.2, 0.25) is 0 Å². The SMILES string of the molecule is COCC1(C)CCCCc2cc(C#Cc3ccc(C(=O)O)cc3)ccc21. The molecule has 0 radical (unpaired) electrons. The summed E-state index contributed by atoms with van der Waals surface area (Å²) in [6, 6.07) is 13.1. The third kappa shape index (κ3) is 3.98. The number of hydrogen-bond donors (Lipinski definition) is 1. The van der Waals surface area contributed by atoms with E-state index < -0.39 is 5.97 Å². The summed E-state index contributed by atoms with van der Waals surface area (Å²) in [6.07, 6.45) is 4.64. The number of aryl methyl sites for hydroxylation is 1. The van der Waals surface area contributed by atoms with E-state index in [1.54, 1.807) is 31.4 Å². The lowest BCUT2D eigenvalue weighted by atomic mass is 9.78. The van der Waals surface area contributed by atoms with Gasteiger partial charge in [-0.1, -0.05) is 31.3 Å². The number of carboxylic acid groups (broad SMARTS) is 1. The average Bonchev–Trinajstić information content (AvgIpc) is 2.79. The molecule has 0 fully saturated rings. The van der Waals surface area contributed by atoms with Crippen LogP contribution < -0.4 is 0 Å². The Labute approximate surface area is 155 Å². The predicted octanol–water partition coefficient (Wildman–Crippen LogP) is 4.42. The van der Waals surface area contributed by atoms with E-state index in [9.17, 15) is 4.79 Å². The fourth-order valence-electron chi connectivity index (χ4n) is 3.74. The topological polar surface area (TPSA) is 46.5 Å². The van der Waals surface area contributed by atoms with E-state index in [-0.39, 0.29) is 11.0 Å². The quantitative estimate of drug-likeness (QED) is 0.660. The number of hydrogen-bond acceptors (Lipinski definition) is 2. The fraction of sp³-hybridized carbons (Fsp3) is 0.348. The first-order valence-corrected chi connectivity index (χ1v) is 8.99. The third-order valence-corrected chi connectivity index (χ3v) is 5.13. The molecule has 1 atom stereocenters. The number of benzene rings is 2. The molecule has 1 N–H and O–H groups in total. The van der Waals surface area contributed by atoms with Gasteiger partial charge >= 0.3 is 5.97 Å². The van der Waals surface area contributed by atoms with Gasteiger partial charge in [0.2, 0.25) is 0 Å². The first-order chi connectivity index (χ1) is 12.5. The van der Waals surface area contributed by atoms with Gasteiger partial charge in [-0.05, 0) is 66.8 Å². The first-order valence-electron chi connectivity index (χ1n) is 8.99. The second-order valence-corrected chi connectivity index (χ2v) is 7.21. The molecule has 2 aromatic rings. The van der Waals surface area contributed by atoms with Crippen LogP contribution in [0.25, 0.3) is 0 Å². The summed E-state index contributed by atoms with van der Waals surface area (Å²) in [7, 11) is 1.77. The van der Waals surface area contributed by atoms with Crippen LogP contribution in [0.15, 0.2) is 42.5 Å². The van der Waals surface area contributed by atoms with E-state index in [4.69, 9.17) is 9.84 Å². The van der Waals surface area contributed by atoms with Crippen LogP contribution in [0.3, 0.4) is 0 Å². The Kier molecular flexibility index (Phi) is 5.44. The van der Waals surface area contributed by atoms with Gasteiger partial charge in [-0.15, -0.1) is 0 Å². The molecule has 0 amide bonds. The van der Waals surface area contributed by atoms with Gasteiger partial charge in [-0.2, -0.15) is 0 Å². The fourth-order valence-corrected chi connectivity index (χ4v) is 3.74. The maximum atomic E-state index is 10.9. The molecule has 1 aliphatic rings. The van der Waals surface area contributed by atoms with Crippen LogP contribution >= 0.6 is 0 Å². The molecule has 1 unspecified atom stereocenters. The molecule has 26 heavy (non-hydrogen) atoms. The number of rotatable bonds is 3. The standard InChI is InChI=1S/C23H24O3/c1-23(16-26-2)14-4-3-5-20-15-18(10-13-21(20)23)7-6-17-8-11-19(12-9-17)22(24)25/h8-13,15H,3-5,14,16H2,1-2H3,(H,24,25). The number of aromatic carboxylic acids is 1. The van der Waals surface area contributed by atoms with Crippen molar-refractivity contribution < 1.29 is 14.6 Å². The number of ether oxygens (including phenoxy) is 1. The van der Waals surface area contributed by atoms with Crippen molar-refractivity contribution in [1.29, 1.82) is 0 Å². The smallest absolute Gasteiger partial charge is 0.335 e. The van der Waals surface area contributed by atoms with Gasteiger partial charge in [-0.25, -0.2) is 4.79 Å². The van der Waals surface area contributed by atoms with Crippen LogP contribution in [0.1, 0.15) is 58.8 Å². The van der Waals surface area contributed by atoms with E-state index in [2.05, 4.69) is 37.0 Å².